The number of nitrogens with two attached hydrogens (primary N) is 1. The maximum Gasteiger partial charge on any atom is 0.234 e. The standard InChI is InChI=1S/C14H25N3O3/c1-12(2,13(3,4)15)11-16-10(17-20-11)14(18-5)6-8-19-9-7-14/h6-9,15H2,1-5H3. The van der Waals surface area contributed by atoms with E-state index in [-0.39, 0.29) is 0 Å². The summed E-state index contributed by atoms with van der Waals surface area (Å²) in [5.74, 6) is 1.14. The van der Waals surface area contributed by atoms with Crippen molar-refractivity contribution in [3.05, 3.63) is 11.7 Å². The van der Waals surface area contributed by atoms with Crippen LogP contribution in [0.15, 0.2) is 4.52 Å². The number of hydrogen-bond acceptors (Lipinski definition) is 6. The van der Waals surface area contributed by atoms with E-state index in [0.29, 0.717) is 24.9 Å². The van der Waals surface area contributed by atoms with Gasteiger partial charge >= 0.3 is 0 Å². The quantitative estimate of drug-likeness (QED) is 0.906. The highest BCUT2D eigenvalue weighted by Crippen LogP contribution is 2.37. The topological polar surface area (TPSA) is 83.4 Å². The fraction of sp³-hybridized carbons (Fsp3) is 0.857. The average Bonchev–Trinajstić information content (AvgIpc) is 2.89. The highest BCUT2D eigenvalue weighted by Gasteiger charge is 2.44. The molecule has 0 aromatic carbocycles. The van der Waals surface area contributed by atoms with Gasteiger partial charge in [-0.05, 0) is 27.7 Å². The van der Waals surface area contributed by atoms with Crippen LogP contribution >= 0.6 is 0 Å². The van der Waals surface area contributed by atoms with Crippen LogP contribution in [-0.4, -0.2) is 36.0 Å². The molecule has 2 N–H and O–H groups in total. The lowest BCUT2D eigenvalue weighted by Gasteiger charge is -2.35. The van der Waals surface area contributed by atoms with Gasteiger partial charge in [0.05, 0.1) is 5.41 Å². The zero-order chi connectivity index (χ0) is 15.0. The summed E-state index contributed by atoms with van der Waals surface area (Å²) in [6.45, 7) is 9.21. The lowest BCUT2D eigenvalue weighted by atomic mass is 9.75. The molecular weight excluding hydrogens is 258 g/mol. The van der Waals surface area contributed by atoms with Crippen molar-refractivity contribution in [1.82, 2.24) is 10.1 Å². The number of nitrogens with zero attached hydrogens (tertiary/aromatic N) is 2. The molecule has 0 saturated carbocycles. The van der Waals surface area contributed by atoms with Crippen LogP contribution in [0.1, 0.15) is 52.3 Å². The third kappa shape index (κ3) is 2.47. The fourth-order valence-electron chi connectivity index (χ4n) is 2.16. The maximum absolute atomic E-state index is 6.22. The minimum Gasteiger partial charge on any atom is -0.381 e. The Kier molecular flexibility index (Phi) is 3.92. The predicted octanol–water partition coefficient (Wildman–Crippen LogP) is 1.74. The number of aromatic nitrogens is 2. The van der Waals surface area contributed by atoms with Crippen LogP contribution in [0.5, 0.6) is 0 Å². The molecule has 0 unspecified atom stereocenters. The summed E-state index contributed by atoms with van der Waals surface area (Å²) in [4.78, 5) is 4.58. The van der Waals surface area contributed by atoms with Crippen LogP contribution in [0, 0.1) is 0 Å². The number of hydrogen-bond donors (Lipinski definition) is 1. The fourth-order valence-corrected chi connectivity index (χ4v) is 2.16. The summed E-state index contributed by atoms with van der Waals surface area (Å²) < 4.78 is 16.5. The molecule has 0 aliphatic carbocycles. The maximum atomic E-state index is 6.22. The molecule has 0 bridgehead atoms. The van der Waals surface area contributed by atoms with E-state index in [1.165, 1.54) is 0 Å². The van der Waals surface area contributed by atoms with Gasteiger partial charge in [-0.3, -0.25) is 0 Å². The molecule has 1 saturated heterocycles. The molecule has 20 heavy (non-hydrogen) atoms. The van der Waals surface area contributed by atoms with Gasteiger partial charge in [-0.1, -0.05) is 5.16 Å². The predicted molar refractivity (Wildman–Crippen MR) is 74.3 cm³/mol. The molecule has 0 atom stereocenters. The second kappa shape index (κ2) is 5.09. The van der Waals surface area contributed by atoms with E-state index in [9.17, 15) is 0 Å². The number of rotatable bonds is 4. The van der Waals surface area contributed by atoms with Crippen molar-refractivity contribution >= 4 is 0 Å². The molecule has 0 radical (unpaired) electrons. The zero-order valence-corrected chi connectivity index (χ0v) is 13.0. The molecule has 0 spiro atoms. The third-order valence-electron chi connectivity index (χ3n) is 4.67. The Bertz CT molecular complexity index is 456. The van der Waals surface area contributed by atoms with Gasteiger partial charge in [0.2, 0.25) is 11.7 Å². The van der Waals surface area contributed by atoms with Gasteiger partial charge in [0.1, 0.15) is 5.60 Å². The molecule has 0 amide bonds. The third-order valence-corrected chi connectivity index (χ3v) is 4.67. The van der Waals surface area contributed by atoms with Crippen molar-refractivity contribution in [3.63, 3.8) is 0 Å². The Morgan fingerprint density at radius 1 is 1.20 bits per heavy atom. The smallest absolute Gasteiger partial charge is 0.234 e. The summed E-state index contributed by atoms with van der Waals surface area (Å²) in [6, 6.07) is 0. The Balaban J connectivity index is 2.33. The molecule has 114 valence electrons. The second-order valence-corrected chi connectivity index (χ2v) is 6.58. The van der Waals surface area contributed by atoms with E-state index >= 15 is 0 Å². The van der Waals surface area contributed by atoms with Gasteiger partial charge in [-0.2, -0.15) is 4.98 Å². The van der Waals surface area contributed by atoms with Crippen LogP contribution in [0.3, 0.4) is 0 Å². The van der Waals surface area contributed by atoms with Gasteiger partial charge < -0.3 is 19.7 Å². The van der Waals surface area contributed by atoms with Crippen LogP contribution < -0.4 is 5.73 Å². The van der Waals surface area contributed by atoms with E-state index in [0.717, 1.165) is 12.8 Å². The van der Waals surface area contributed by atoms with Crippen molar-refractivity contribution < 1.29 is 14.0 Å². The summed E-state index contributed by atoms with van der Waals surface area (Å²) in [5.41, 5.74) is 4.83. The molecule has 6 nitrogen and oxygen atoms in total. The lowest BCUT2D eigenvalue weighted by Crippen LogP contribution is -2.50. The van der Waals surface area contributed by atoms with Crippen LogP contribution in [0.2, 0.25) is 0 Å². The van der Waals surface area contributed by atoms with E-state index < -0.39 is 16.6 Å². The molecule has 1 aliphatic heterocycles. The molecule has 1 fully saturated rings. The van der Waals surface area contributed by atoms with Gasteiger partial charge in [-0.15, -0.1) is 0 Å². The average molecular weight is 283 g/mol. The molecule has 1 aliphatic rings. The van der Waals surface area contributed by atoms with Crippen molar-refractivity contribution in [2.75, 3.05) is 20.3 Å². The van der Waals surface area contributed by atoms with Crippen molar-refractivity contribution in [1.29, 1.82) is 0 Å². The van der Waals surface area contributed by atoms with E-state index in [4.69, 9.17) is 19.7 Å². The number of ether oxygens (including phenoxy) is 2. The van der Waals surface area contributed by atoms with E-state index in [2.05, 4.69) is 10.1 Å². The van der Waals surface area contributed by atoms with Crippen molar-refractivity contribution in [2.45, 2.75) is 57.1 Å². The zero-order valence-electron chi connectivity index (χ0n) is 13.0. The molecule has 2 heterocycles. The number of methoxy groups -OCH3 is 1. The lowest BCUT2D eigenvalue weighted by molar-refractivity contribution is -0.101. The van der Waals surface area contributed by atoms with Gasteiger partial charge in [0, 0.05) is 38.7 Å². The molecule has 1 aromatic heterocycles. The summed E-state index contributed by atoms with van der Waals surface area (Å²) >= 11 is 0. The first-order chi connectivity index (χ1) is 9.23. The van der Waals surface area contributed by atoms with Crippen LogP contribution in [0.25, 0.3) is 0 Å². The van der Waals surface area contributed by atoms with Gasteiger partial charge in [0.25, 0.3) is 0 Å². The first kappa shape index (κ1) is 15.4. The summed E-state index contributed by atoms with van der Waals surface area (Å²) in [6.07, 6.45) is 1.46. The molecular formula is C14H25N3O3. The van der Waals surface area contributed by atoms with E-state index in [1.807, 2.05) is 27.7 Å². The monoisotopic (exact) mass is 283 g/mol. The minimum absolute atomic E-state index is 0.418. The van der Waals surface area contributed by atoms with Crippen LogP contribution in [-0.2, 0) is 20.5 Å². The van der Waals surface area contributed by atoms with Gasteiger partial charge in [-0.25, -0.2) is 0 Å². The largest absolute Gasteiger partial charge is 0.381 e. The first-order valence-corrected chi connectivity index (χ1v) is 6.99. The Labute approximate surface area is 120 Å². The first-order valence-electron chi connectivity index (χ1n) is 6.99. The Morgan fingerprint density at radius 2 is 1.80 bits per heavy atom. The highest BCUT2D eigenvalue weighted by atomic mass is 16.5. The van der Waals surface area contributed by atoms with Gasteiger partial charge in [0.15, 0.2) is 0 Å². The van der Waals surface area contributed by atoms with Crippen molar-refractivity contribution in [3.8, 4) is 0 Å². The second-order valence-electron chi connectivity index (χ2n) is 6.58. The van der Waals surface area contributed by atoms with Crippen LogP contribution in [0.4, 0.5) is 0 Å². The summed E-state index contributed by atoms with van der Waals surface area (Å²) in [7, 11) is 1.68. The Hall–Kier alpha value is -0.980. The molecule has 1 aromatic rings. The normalized spacial score (nSPS) is 20.1. The highest BCUT2D eigenvalue weighted by molar-refractivity contribution is 5.13. The minimum atomic E-state index is -0.505. The molecule has 6 heteroatoms. The Morgan fingerprint density at radius 3 is 2.30 bits per heavy atom. The molecule has 2 rings (SSSR count). The van der Waals surface area contributed by atoms with E-state index in [1.54, 1.807) is 7.11 Å². The van der Waals surface area contributed by atoms with Crippen molar-refractivity contribution in [2.24, 2.45) is 5.73 Å². The summed E-state index contributed by atoms with van der Waals surface area (Å²) in [5, 5.41) is 4.14. The SMILES string of the molecule is COC1(c2noc(C(C)(C)C(C)(C)N)n2)CCOCC1.